The van der Waals surface area contributed by atoms with Gasteiger partial charge in [-0.2, -0.15) is 4.31 Å². The highest BCUT2D eigenvalue weighted by Gasteiger charge is 2.34. The van der Waals surface area contributed by atoms with E-state index in [4.69, 9.17) is 28.5 Å². The van der Waals surface area contributed by atoms with Crippen LogP contribution in [0.5, 0.6) is 0 Å². The van der Waals surface area contributed by atoms with Gasteiger partial charge in [0.25, 0.3) is 10.0 Å². The second-order valence-corrected chi connectivity index (χ2v) is 10.9. The number of rotatable bonds is 5. The number of fused-ring (bicyclic) bond motifs is 1. The molecule has 31 heavy (non-hydrogen) atoms. The van der Waals surface area contributed by atoms with Gasteiger partial charge in [-0.25, -0.2) is 8.42 Å². The number of nitrogens with two attached hydrogens (primary N) is 2. The molecule has 1 fully saturated rings. The molecule has 0 saturated carbocycles. The molecule has 4 rings (SSSR count). The highest BCUT2D eigenvalue weighted by molar-refractivity contribution is 7.91. The van der Waals surface area contributed by atoms with Crippen LogP contribution in [0.4, 0.5) is 5.69 Å². The van der Waals surface area contributed by atoms with E-state index < -0.39 is 10.0 Å². The number of anilines is 1. The molecule has 8 nitrogen and oxygen atoms in total. The minimum atomic E-state index is -3.80. The number of nitrogen functional groups attached to an aromatic ring is 2. The molecule has 0 bridgehead atoms. The number of nitrogens with one attached hydrogen (secondary N) is 1. The van der Waals surface area contributed by atoms with Crippen molar-refractivity contribution in [3.05, 3.63) is 58.6 Å². The summed E-state index contributed by atoms with van der Waals surface area (Å²) in [6, 6.07) is 11.8. The molecule has 1 aromatic heterocycles. The molecule has 1 aliphatic heterocycles. The molecule has 5 N–H and O–H groups in total. The Morgan fingerprint density at radius 1 is 1.16 bits per heavy atom. The quantitative estimate of drug-likeness (QED) is 0.295. The maximum absolute atomic E-state index is 13.1. The van der Waals surface area contributed by atoms with Gasteiger partial charge in [0.05, 0.1) is 6.54 Å². The number of halogens is 1. The van der Waals surface area contributed by atoms with Gasteiger partial charge >= 0.3 is 0 Å². The Balaban J connectivity index is 1.51. The normalized spacial score (nSPS) is 15.5. The van der Waals surface area contributed by atoms with E-state index >= 15 is 0 Å². The molecule has 11 heteroatoms. The fraction of sp³-hybridized carbons (Fsp3) is 0.200. The Bertz CT molecular complexity index is 1310. The summed E-state index contributed by atoms with van der Waals surface area (Å²) in [6.07, 6.45) is 0. The van der Waals surface area contributed by atoms with Crippen LogP contribution in [0.3, 0.4) is 0 Å². The summed E-state index contributed by atoms with van der Waals surface area (Å²) < 4.78 is 28.4. The van der Waals surface area contributed by atoms with Crippen molar-refractivity contribution in [3.63, 3.8) is 0 Å². The molecule has 3 aromatic rings. The molecule has 0 radical (unpaired) electrons. The Morgan fingerprint density at radius 3 is 2.65 bits per heavy atom. The summed E-state index contributed by atoms with van der Waals surface area (Å²) in [7, 11) is -3.80. The van der Waals surface area contributed by atoms with Gasteiger partial charge in [-0.15, -0.1) is 11.3 Å². The first-order valence-corrected chi connectivity index (χ1v) is 12.0. The second kappa shape index (κ2) is 8.12. The number of hydrogen-bond donors (Lipinski definition) is 3. The first-order valence-electron chi connectivity index (χ1n) is 9.35. The summed E-state index contributed by atoms with van der Waals surface area (Å²) in [5.41, 5.74) is 13.2. The van der Waals surface area contributed by atoms with E-state index in [2.05, 4.69) is 0 Å². The number of nitrogens with zero attached hydrogens (tertiary/aromatic N) is 2. The standard InChI is InChI=1S/C20H20ClN5O3S2/c21-15-3-1-12-8-19(30-17(12)9-15)31(28,29)26-6-5-25(18(27)11-26)10-14-7-13(20(23)24)2-4-16(14)22/h1-4,7-9H,5-6,10-11,22H2,(H3,23,24). The number of carbonyl (C=O) groups excluding carboxylic acids is 1. The van der Waals surface area contributed by atoms with E-state index in [1.165, 1.54) is 4.31 Å². The summed E-state index contributed by atoms with van der Waals surface area (Å²) in [5, 5.41) is 8.89. The molecular formula is C20H20ClN5O3S2. The van der Waals surface area contributed by atoms with Crippen molar-refractivity contribution in [2.45, 2.75) is 10.8 Å². The van der Waals surface area contributed by atoms with Crippen molar-refractivity contribution in [3.8, 4) is 0 Å². The summed E-state index contributed by atoms with van der Waals surface area (Å²) in [6.45, 7) is 0.388. The lowest BCUT2D eigenvalue weighted by Gasteiger charge is -2.33. The van der Waals surface area contributed by atoms with Gasteiger partial charge in [0.2, 0.25) is 5.91 Å². The van der Waals surface area contributed by atoms with Gasteiger partial charge in [-0.3, -0.25) is 10.2 Å². The number of sulfonamides is 1. The monoisotopic (exact) mass is 477 g/mol. The lowest BCUT2D eigenvalue weighted by molar-refractivity contribution is -0.134. The van der Waals surface area contributed by atoms with Crippen molar-refractivity contribution < 1.29 is 13.2 Å². The SMILES string of the molecule is N=C(N)c1ccc(N)c(CN2CCN(S(=O)(=O)c3cc4ccc(Cl)cc4s3)CC2=O)c1. The van der Waals surface area contributed by atoms with Crippen molar-refractivity contribution >= 4 is 60.5 Å². The zero-order valence-electron chi connectivity index (χ0n) is 16.3. The van der Waals surface area contributed by atoms with Gasteiger partial charge in [0.1, 0.15) is 10.0 Å². The van der Waals surface area contributed by atoms with Crippen LogP contribution in [0, 0.1) is 5.41 Å². The average molecular weight is 478 g/mol. The van der Waals surface area contributed by atoms with Crippen LogP contribution in [0.2, 0.25) is 5.02 Å². The Morgan fingerprint density at radius 2 is 1.94 bits per heavy atom. The number of benzene rings is 2. The Kier molecular flexibility index (Phi) is 5.65. The first kappa shape index (κ1) is 21.6. The number of hydrogen-bond acceptors (Lipinski definition) is 6. The van der Waals surface area contributed by atoms with Crippen molar-refractivity contribution in [1.82, 2.24) is 9.21 Å². The first-order chi connectivity index (χ1) is 14.6. The lowest BCUT2D eigenvalue weighted by Crippen LogP contribution is -2.51. The summed E-state index contributed by atoms with van der Waals surface area (Å²) in [4.78, 5) is 14.3. The van der Waals surface area contributed by atoms with E-state index in [-0.39, 0.29) is 42.1 Å². The molecule has 1 saturated heterocycles. The number of piperazine rings is 1. The van der Waals surface area contributed by atoms with E-state index in [1.807, 2.05) is 0 Å². The Labute approximate surface area is 188 Å². The fourth-order valence-electron chi connectivity index (χ4n) is 3.41. The Hall–Kier alpha value is -2.66. The molecule has 0 spiro atoms. The minimum absolute atomic E-state index is 0.0897. The lowest BCUT2D eigenvalue weighted by atomic mass is 10.1. The molecule has 2 aromatic carbocycles. The van der Waals surface area contributed by atoms with Crippen LogP contribution in [-0.4, -0.2) is 49.0 Å². The van der Waals surface area contributed by atoms with Crippen molar-refractivity contribution in [2.24, 2.45) is 5.73 Å². The zero-order chi connectivity index (χ0) is 22.3. The van der Waals surface area contributed by atoms with Crippen LogP contribution < -0.4 is 11.5 Å². The van der Waals surface area contributed by atoms with Gasteiger partial charge in [0.15, 0.2) is 0 Å². The molecule has 1 aliphatic rings. The molecular weight excluding hydrogens is 458 g/mol. The number of carbonyl (C=O) groups is 1. The molecule has 1 amide bonds. The van der Waals surface area contributed by atoms with Gasteiger partial charge < -0.3 is 16.4 Å². The van der Waals surface area contributed by atoms with Crippen LogP contribution in [0.1, 0.15) is 11.1 Å². The van der Waals surface area contributed by atoms with Crippen molar-refractivity contribution in [1.29, 1.82) is 5.41 Å². The molecule has 0 atom stereocenters. The van der Waals surface area contributed by atoms with E-state index in [0.717, 1.165) is 21.4 Å². The predicted molar refractivity (Wildman–Crippen MR) is 123 cm³/mol. The third-order valence-corrected chi connectivity index (χ3v) is 8.78. The molecule has 162 valence electrons. The number of thiophene rings is 1. The summed E-state index contributed by atoms with van der Waals surface area (Å²) >= 11 is 7.14. The largest absolute Gasteiger partial charge is 0.398 e. The number of amidine groups is 1. The second-order valence-electron chi connectivity index (χ2n) is 7.23. The smallest absolute Gasteiger partial charge is 0.253 e. The molecule has 0 aliphatic carbocycles. The van der Waals surface area contributed by atoms with Crippen LogP contribution in [0.25, 0.3) is 10.1 Å². The van der Waals surface area contributed by atoms with Gasteiger partial charge in [-0.1, -0.05) is 17.7 Å². The van der Waals surface area contributed by atoms with Crippen LogP contribution >= 0.6 is 22.9 Å². The van der Waals surface area contributed by atoms with E-state index in [1.54, 1.807) is 47.4 Å². The van der Waals surface area contributed by atoms with Gasteiger partial charge in [-0.05, 0) is 47.3 Å². The highest BCUT2D eigenvalue weighted by atomic mass is 35.5. The molecule has 0 unspecified atom stereocenters. The number of amides is 1. The third kappa shape index (κ3) is 4.24. The summed E-state index contributed by atoms with van der Waals surface area (Å²) in [5.74, 6) is -0.403. The van der Waals surface area contributed by atoms with Crippen LogP contribution in [0.15, 0.2) is 46.7 Å². The molecule has 2 heterocycles. The van der Waals surface area contributed by atoms with Crippen LogP contribution in [-0.2, 0) is 21.4 Å². The van der Waals surface area contributed by atoms with E-state index in [9.17, 15) is 13.2 Å². The zero-order valence-corrected chi connectivity index (χ0v) is 18.7. The van der Waals surface area contributed by atoms with Crippen molar-refractivity contribution in [2.75, 3.05) is 25.4 Å². The third-order valence-electron chi connectivity index (χ3n) is 5.15. The van der Waals surface area contributed by atoms with Gasteiger partial charge in [0, 0.05) is 40.6 Å². The van der Waals surface area contributed by atoms with E-state index in [0.29, 0.717) is 21.8 Å². The predicted octanol–water partition coefficient (Wildman–Crippen LogP) is 2.45. The average Bonchev–Trinajstić information content (AvgIpc) is 3.14. The topological polar surface area (TPSA) is 134 Å². The maximum atomic E-state index is 13.1. The minimum Gasteiger partial charge on any atom is -0.398 e. The highest BCUT2D eigenvalue weighted by Crippen LogP contribution is 2.33. The maximum Gasteiger partial charge on any atom is 0.253 e. The fourth-order valence-corrected chi connectivity index (χ4v) is 6.62.